The van der Waals surface area contributed by atoms with Gasteiger partial charge in [-0.05, 0) is 19.3 Å². The predicted octanol–water partition coefficient (Wildman–Crippen LogP) is 2.73. The molecule has 1 amide bonds. The van der Waals surface area contributed by atoms with Crippen LogP contribution in [-0.2, 0) is 14.3 Å². The van der Waals surface area contributed by atoms with Crippen molar-refractivity contribution in [2.75, 3.05) is 0 Å². The first kappa shape index (κ1) is 14.0. The molecular weight excluding hydrogens is 322 g/mol. The third-order valence-electron chi connectivity index (χ3n) is 4.15. The molecule has 0 unspecified atom stereocenters. The van der Waals surface area contributed by atoms with Crippen LogP contribution >= 0.6 is 15.9 Å². The first-order chi connectivity index (χ1) is 9.56. The first-order valence-electron chi connectivity index (χ1n) is 7.17. The summed E-state index contributed by atoms with van der Waals surface area (Å²) in [7, 11) is 0. The molecule has 2 heterocycles. The van der Waals surface area contributed by atoms with Gasteiger partial charge in [0.05, 0.1) is 6.10 Å². The number of hydrogen-bond acceptors (Lipinski definition) is 3. The van der Waals surface area contributed by atoms with Gasteiger partial charge in [-0.2, -0.15) is 0 Å². The Morgan fingerprint density at radius 3 is 3.05 bits per heavy atom. The van der Waals surface area contributed by atoms with Gasteiger partial charge in [0.25, 0.3) is 5.91 Å². The molecule has 0 aromatic rings. The number of Topliss-reactive ketones (excluding diaryl/α,β-unsaturated/α-hetero) is 1. The maximum absolute atomic E-state index is 12.5. The van der Waals surface area contributed by atoms with Crippen LogP contribution in [0.15, 0.2) is 21.8 Å². The largest absolute Gasteiger partial charge is 0.356 e. The molecule has 2 aliphatic heterocycles. The number of allylic oxidation sites excluding steroid dienone is 2. The molecule has 0 aromatic heterocycles. The summed E-state index contributed by atoms with van der Waals surface area (Å²) < 4.78 is 7.12. The zero-order chi connectivity index (χ0) is 14.3. The number of carbonyl (C=O) groups is 2. The van der Waals surface area contributed by atoms with Crippen LogP contribution in [0.4, 0.5) is 0 Å². The Balaban J connectivity index is 2.03. The average Bonchev–Trinajstić information content (AvgIpc) is 2.63. The Bertz CT molecular complexity index is 537. The number of fused-ring (bicyclic) bond motifs is 2. The SMILES string of the molecule is CCC[C@H]1CC(=O)C[C@@]2(O1)C(=O)NC1=CCCC(Br)=C12. The standard InChI is InChI=1S/C15H18BrNO3/c1-2-4-10-7-9(18)8-15(20-10)13-11(16)5-3-6-12(13)17-14(15)19/h6,10H,2-5,7-8H2,1H3,(H,17,19)/t10-,15-/m0/s1. The molecule has 1 N–H and O–H groups in total. The monoisotopic (exact) mass is 339 g/mol. The molecule has 0 radical (unpaired) electrons. The summed E-state index contributed by atoms with van der Waals surface area (Å²) in [6, 6.07) is 0. The fourth-order valence-electron chi connectivity index (χ4n) is 3.34. The Morgan fingerprint density at radius 2 is 2.30 bits per heavy atom. The number of nitrogens with one attached hydrogen (secondary N) is 1. The third kappa shape index (κ3) is 2.07. The Hall–Kier alpha value is -0.940. The lowest BCUT2D eigenvalue weighted by molar-refractivity contribution is -0.161. The number of carbonyl (C=O) groups excluding carboxylic acids is 2. The van der Waals surface area contributed by atoms with Gasteiger partial charge in [-0.3, -0.25) is 9.59 Å². The van der Waals surface area contributed by atoms with Crippen molar-refractivity contribution in [1.82, 2.24) is 5.32 Å². The zero-order valence-corrected chi connectivity index (χ0v) is 13.1. The summed E-state index contributed by atoms with van der Waals surface area (Å²) in [5.74, 6) is -0.0729. The molecule has 2 saturated heterocycles. The van der Waals surface area contributed by atoms with Gasteiger partial charge in [0.2, 0.25) is 0 Å². The van der Waals surface area contributed by atoms with Crippen LogP contribution in [0.5, 0.6) is 0 Å². The number of ether oxygens (including phenoxy) is 1. The second-order valence-electron chi connectivity index (χ2n) is 5.67. The van der Waals surface area contributed by atoms with Gasteiger partial charge in [0.15, 0.2) is 5.60 Å². The number of halogens is 1. The van der Waals surface area contributed by atoms with Crippen molar-refractivity contribution in [3.05, 3.63) is 21.8 Å². The zero-order valence-electron chi connectivity index (χ0n) is 11.5. The van der Waals surface area contributed by atoms with Crippen LogP contribution in [0, 0.1) is 0 Å². The van der Waals surface area contributed by atoms with E-state index in [-0.39, 0.29) is 24.2 Å². The van der Waals surface area contributed by atoms with E-state index in [1.165, 1.54) is 0 Å². The minimum absolute atomic E-state index is 0.115. The molecule has 0 bridgehead atoms. The number of amides is 1. The van der Waals surface area contributed by atoms with E-state index in [1.54, 1.807) is 0 Å². The quantitative estimate of drug-likeness (QED) is 0.841. The molecule has 5 heteroatoms. The topological polar surface area (TPSA) is 55.4 Å². The van der Waals surface area contributed by atoms with E-state index in [2.05, 4.69) is 28.2 Å². The minimum atomic E-state index is -1.10. The molecule has 108 valence electrons. The van der Waals surface area contributed by atoms with Gasteiger partial charge >= 0.3 is 0 Å². The average molecular weight is 340 g/mol. The molecule has 20 heavy (non-hydrogen) atoms. The van der Waals surface area contributed by atoms with E-state index in [4.69, 9.17) is 4.74 Å². The van der Waals surface area contributed by atoms with E-state index in [0.717, 1.165) is 41.4 Å². The molecule has 1 spiro atoms. The highest BCUT2D eigenvalue weighted by atomic mass is 79.9. The maximum atomic E-state index is 12.5. The van der Waals surface area contributed by atoms with Gasteiger partial charge in [-0.15, -0.1) is 0 Å². The van der Waals surface area contributed by atoms with E-state index in [0.29, 0.717) is 6.42 Å². The van der Waals surface area contributed by atoms with Gasteiger partial charge in [0, 0.05) is 28.6 Å². The van der Waals surface area contributed by atoms with E-state index >= 15 is 0 Å². The molecule has 4 nitrogen and oxygen atoms in total. The van der Waals surface area contributed by atoms with Gasteiger partial charge in [-0.25, -0.2) is 0 Å². The summed E-state index contributed by atoms with van der Waals surface area (Å²) >= 11 is 3.57. The molecule has 1 aliphatic carbocycles. The van der Waals surface area contributed by atoms with Crippen molar-refractivity contribution >= 4 is 27.6 Å². The third-order valence-corrected chi connectivity index (χ3v) is 4.94. The fraction of sp³-hybridized carbons (Fsp3) is 0.600. The highest BCUT2D eigenvalue weighted by Crippen LogP contribution is 2.46. The normalized spacial score (nSPS) is 33.3. The maximum Gasteiger partial charge on any atom is 0.261 e. The van der Waals surface area contributed by atoms with Crippen molar-refractivity contribution in [3.63, 3.8) is 0 Å². The van der Waals surface area contributed by atoms with Gasteiger partial charge < -0.3 is 10.1 Å². The highest BCUT2D eigenvalue weighted by Gasteiger charge is 2.56. The van der Waals surface area contributed by atoms with E-state index in [1.807, 2.05) is 6.08 Å². The molecule has 0 saturated carbocycles. The van der Waals surface area contributed by atoms with Crippen LogP contribution in [0.2, 0.25) is 0 Å². The second kappa shape index (κ2) is 5.11. The molecule has 3 rings (SSSR count). The molecular formula is C15H18BrNO3. The van der Waals surface area contributed by atoms with Crippen LogP contribution in [-0.4, -0.2) is 23.4 Å². The number of ketones is 1. The molecule has 2 fully saturated rings. The van der Waals surface area contributed by atoms with Crippen molar-refractivity contribution in [3.8, 4) is 0 Å². The van der Waals surface area contributed by atoms with Gasteiger partial charge in [0.1, 0.15) is 5.78 Å². The Labute approximate surface area is 126 Å². The molecule has 3 aliphatic rings. The van der Waals surface area contributed by atoms with Crippen LogP contribution in [0.3, 0.4) is 0 Å². The summed E-state index contributed by atoms with van der Waals surface area (Å²) in [4.78, 5) is 24.6. The Morgan fingerprint density at radius 1 is 1.50 bits per heavy atom. The second-order valence-corrected chi connectivity index (χ2v) is 6.62. The van der Waals surface area contributed by atoms with Crippen LogP contribution in [0.1, 0.15) is 45.4 Å². The van der Waals surface area contributed by atoms with E-state index in [9.17, 15) is 9.59 Å². The minimum Gasteiger partial charge on any atom is -0.356 e. The Kier molecular flexibility index (Phi) is 3.58. The summed E-state index contributed by atoms with van der Waals surface area (Å²) in [6.45, 7) is 2.06. The van der Waals surface area contributed by atoms with Gasteiger partial charge in [-0.1, -0.05) is 35.4 Å². The number of hydrogen-bond donors (Lipinski definition) is 1. The lowest BCUT2D eigenvalue weighted by Gasteiger charge is -2.37. The first-order valence-corrected chi connectivity index (χ1v) is 7.96. The van der Waals surface area contributed by atoms with E-state index < -0.39 is 5.60 Å². The van der Waals surface area contributed by atoms with Crippen molar-refractivity contribution < 1.29 is 14.3 Å². The van der Waals surface area contributed by atoms with Crippen molar-refractivity contribution in [2.24, 2.45) is 0 Å². The molecule has 2 atom stereocenters. The fourth-order valence-corrected chi connectivity index (χ4v) is 4.10. The highest BCUT2D eigenvalue weighted by molar-refractivity contribution is 9.11. The number of rotatable bonds is 2. The van der Waals surface area contributed by atoms with Crippen molar-refractivity contribution in [1.29, 1.82) is 0 Å². The van der Waals surface area contributed by atoms with Crippen molar-refractivity contribution in [2.45, 2.75) is 57.2 Å². The lowest BCUT2D eigenvalue weighted by Crippen LogP contribution is -2.50. The summed E-state index contributed by atoms with van der Waals surface area (Å²) in [5.41, 5.74) is 0.571. The molecule has 0 aromatic carbocycles. The lowest BCUT2D eigenvalue weighted by atomic mass is 9.82. The predicted molar refractivity (Wildman–Crippen MR) is 78.2 cm³/mol. The van der Waals surface area contributed by atoms with Crippen LogP contribution < -0.4 is 5.32 Å². The summed E-state index contributed by atoms with van der Waals surface area (Å²) in [6.07, 6.45) is 5.94. The van der Waals surface area contributed by atoms with Crippen LogP contribution in [0.25, 0.3) is 0 Å². The summed E-state index contributed by atoms with van der Waals surface area (Å²) in [5, 5.41) is 2.89. The smallest absolute Gasteiger partial charge is 0.261 e.